The van der Waals surface area contributed by atoms with Gasteiger partial charge in [-0.05, 0) is 61.9 Å². The van der Waals surface area contributed by atoms with Crippen LogP contribution in [-0.4, -0.2) is 14.9 Å². The standard InChI is InChI=1S/C20H22N2O3/c1-4-5-19-14(2)21-22(3)20(19)25-18-12-10-17(11-13-18)24-16-8-6-15(23)7-9-16/h6-13,23H,4-5H2,1-3H3. The Balaban J connectivity index is 1.74. The lowest BCUT2D eigenvalue weighted by Gasteiger charge is -2.10. The van der Waals surface area contributed by atoms with Gasteiger partial charge in [0.05, 0.1) is 5.69 Å². The lowest BCUT2D eigenvalue weighted by atomic mass is 10.1. The number of phenols is 1. The van der Waals surface area contributed by atoms with Crippen LogP contribution in [0.15, 0.2) is 48.5 Å². The summed E-state index contributed by atoms with van der Waals surface area (Å²) in [5, 5.41) is 13.8. The molecule has 0 saturated heterocycles. The number of rotatable bonds is 6. The van der Waals surface area contributed by atoms with Crippen molar-refractivity contribution in [1.82, 2.24) is 9.78 Å². The Morgan fingerprint density at radius 2 is 1.44 bits per heavy atom. The fraction of sp³-hybridized carbons (Fsp3) is 0.250. The van der Waals surface area contributed by atoms with E-state index in [4.69, 9.17) is 9.47 Å². The summed E-state index contributed by atoms with van der Waals surface area (Å²) in [6, 6.07) is 14.1. The van der Waals surface area contributed by atoms with Gasteiger partial charge in [-0.25, -0.2) is 4.68 Å². The SMILES string of the molecule is CCCc1c(C)nn(C)c1Oc1ccc(Oc2ccc(O)cc2)cc1. The second-order valence-electron chi connectivity index (χ2n) is 5.91. The second-order valence-corrected chi connectivity index (χ2v) is 5.91. The number of hydrogen-bond acceptors (Lipinski definition) is 4. The molecule has 1 heterocycles. The summed E-state index contributed by atoms with van der Waals surface area (Å²) in [6.45, 7) is 4.15. The highest BCUT2D eigenvalue weighted by Gasteiger charge is 2.14. The minimum absolute atomic E-state index is 0.213. The predicted octanol–water partition coefficient (Wildman–Crippen LogP) is 4.97. The normalized spacial score (nSPS) is 10.7. The van der Waals surface area contributed by atoms with Gasteiger partial charge in [0.2, 0.25) is 5.88 Å². The van der Waals surface area contributed by atoms with E-state index in [0.29, 0.717) is 11.5 Å². The Bertz CT molecular complexity index is 837. The van der Waals surface area contributed by atoms with Gasteiger partial charge in [-0.3, -0.25) is 0 Å². The van der Waals surface area contributed by atoms with E-state index < -0.39 is 0 Å². The Kier molecular flexibility index (Phi) is 4.93. The van der Waals surface area contributed by atoms with Crippen molar-refractivity contribution in [1.29, 1.82) is 0 Å². The van der Waals surface area contributed by atoms with Crippen LogP contribution in [-0.2, 0) is 13.5 Å². The highest BCUT2D eigenvalue weighted by molar-refractivity contribution is 5.40. The molecule has 130 valence electrons. The van der Waals surface area contributed by atoms with Gasteiger partial charge in [0.1, 0.15) is 23.0 Å². The van der Waals surface area contributed by atoms with E-state index in [-0.39, 0.29) is 5.75 Å². The number of nitrogens with zero attached hydrogens (tertiary/aromatic N) is 2. The fourth-order valence-electron chi connectivity index (χ4n) is 2.68. The number of aryl methyl sites for hydroxylation is 2. The number of benzene rings is 2. The summed E-state index contributed by atoms with van der Waals surface area (Å²) < 4.78 is 13.6. The first-order valence-electron chi connectivity index (χ1n) is 8.34. The molecule has 0 unspecified atom stereocenters. The minimum Gasteiger partial charge on any atom is -0.508 e. The molecule has 0 spiro atoms. The van der Waals surface area contributed by atoms with Crippen molar-refractivity contribution in [3.8, 4) is 28.9 Å². The first kappa shape index (κ1) is 16.9. The highest BCUT2D eigenvalue weighted by Crippen LogP contribution is 2.30. The van der Waals surface area contributed by atoms with Crippen molar-refractivity contribution in [2.75, 3.05) is 0 Å². The molecule has 1 aromatic heterocycles. The molecular formula is C20H22N2O3. The maximum atomic E-state index is 9.30. The molecule has 0 bridgehead atoms. The zero-order valence-corrected chi connectivity index (χ0v) is 14.7. The van der Waals surface area contributed by atoms with Crippen molar-refractivity contribution in [2.45, 2.75) is 26.7 Å². The van der Waals surface area contributed by atoms with Crippen LogP contribution in [0.2, 0.25) is 0 Å². The van der Waals surface area contributed by atoms with E-state index in [1.165, 1.54) is 0 Å². The van der Waals surface area contributed by atoms with Gasteiger partial charge in [-0.2, -0.15) is 5.10 Å². The molecular weight excluding hydrogens is 316 g/mol. The van der Waals surface area contributed by atoms with Crippen LogP contribution < -0.4 is 9.47 Å². The zero-order chi connectivity index (χ0) is 17.8. The largest absolute Gasteiger partial charge is 0.508 e. The molecule has 5 heteroatoms. The number of aromatic hydroxyl groups is 1. The molecule has 0 aliphatic heterocycles. The molecule has 2 aromatic carbocycles. The fourth-order valence-corrected chi connectivity index (χ4v) is 2.68. The molecule has 0 aliphatic carbocycles. The van der Waals surface area contributed by atoms with E-state index in [1.54, 1.807) is 28.9 Å². The number of ether oxygens (including phenoxy) is 2. The Morgan fingerprint density at radius 3 is 2.00 bits per heavy atom. The van der Waals surface area contributed by atoms with Crippen molar-refractivity contribution in [2.24, 2.45) is 7.05 Å². The number of aromatic nitrogens is 2. The maximum absolute atomic E-state index is 9.30. The monoisotopic (exact) mass is 338 g/mol. The first-order chi connectivity index (χ1) is 12.1. The van der Waals surface area contributed by atoms with E-state index in [0.717, 1.165) is 35.7 Å². The Labute approximate surface area is 147 Å². The predicted molar refractivity (Wildman–Crippen MR) is 96.6 cm³/mol. The van der Waals surface area contributed by atoms with Gasteiger partial charge in [0, 0.05) is 12.6 Å². The summed E-state index contributed by atoms with van der Waals surface area (Å²) in [7, 11) is 1.89. The van der Waals surface area contributed by atoms with Crippen molar-refractivity contribution < 1.29 is 14.6 Å². The van der Waals surface area contributed by atoms with Gasteiger partial charge >= 0.3 is 0 Å². The summed E-state index contributed by atoms with van der Waals surface area (Å²) in [6.07, 6.45) is 1.99. The van der Waals surface area contributed by atoms with E-state index in [2.05, 4.69) is 12.0 Å². The third kappa shape index (κ3) is 3.94. The third-order valence-corrected chi connectivity index (χ3v) is 3.90. The van der Waals surface area contributed by atoms with Crippen LogP contribution in [0, 0.1) is 6.92 Å². The summed E-state index contributed by atoms with van der Waals surface area (Å²) >= 11 is 0. The van der Waals surface area contributed by atoms with Crippen LogP contribution in [0.4, 0.5) is 0 Å². The molecule has 3 aromatic rings. The molecule has 1 N–H and O–H groups in total. The van der Waals surface area contributed by atoms with E-state index in [9.17, 15) is 5.11 Å². The average Bonchev–Trinajstić information content (AvgIpc) is 2.86. The molecule has 25 heavy (non-hydrogen) atoms. The molecule has 0 amide bonds. The Morgan fingerprint density at radius 1 is 0.920 bits per heavy atom. The quantitative estimate of drug-likeness (QED) is 0.689. The lowest BCUT2D eigenvalue weighted by molar-refractivity contribution is 0.423. The third-order valence-electron chi connectivity index (χ3n) is 3.90. The maximum Gasteiger partial charge on any atom is 0.221 e. The molecule has 5 nitrogen and oxygen atoms in total. The van der Waals surface area contributed by atoms with Gasteiger partial charge in [-0.15, -0.1) is 0 Å². The van der Waals surface area contributed by atoms with Gasteiger partial charge in [0.25, 0.3) is 0 Å². The molecule has 3 rings (SSSR count). The molecule has 0 radical (unpaired) electrons. The van der Waals surface area contributed by atoms with Gasteiger partial charge in [0.15, 0.2) is 0 Å². The summed E-state index contributed by atoms with van der Waals surface area (Å²) in [4.78, 5) is 0. The van der Waals surface area contributed by atoms with Gasteiger partial charge in [-0.1, -0.05) is 13.3 Å². The smallest absolute Gasteiger partial charge is 0.221 e. The number of phenolic OH excluding ortho intramolecular Hbond substituents is 1. The average molecular weight is 338 g/mol. The van der Waals surface area contributed by atoms with Crippen LogP contribution in [0.25, 0.3) is 0 Å². The van der Waals surface area contributed by atoms with E-state index in [1.807, 2.05) is 38.2 Å². The zero-order valence-electron chi connectivity index (χ0n) is 14.7. The van der Waals surface area contributed by atoms with Crippen molar-refractivity contribution >= 4 is 0 Å². The topological polar surface area (TPSA) is 56.5 Å². The van der Waals surface area contributed by atoms with Crippen molar-refractivity contribution in [3.63, 3.8) is 0 Å². The van der Waals surface area contributed by atoms with Crippen LogP contribution in [0.5, 0.6) is 28.9 Å². The van der Waals surface area contributed by atoms with E-state index >= 15 is 0 Å². The van der Waals surface area contributed by atoms with Crippen LogP contribution >= 0.6 is 0 Å². The molecule has 0 aliphatic rings. The Hall–Kier alpha value is -2.95. The van der Waals surface area contributed by atoms with Gasteiger partial charge < -0.3 is 14.6 Å². The summed E-state index contributed by atoms with van der Waals surface area (Å²) in [5.74, 6) is 3.10. The van der Waals surface area contributed by atoms with Crippen LogP contribution in [0.1, 0.15) is 24.6 Å². The minimum atomic E-state index is 0.213. The molecule has 0 atom stereocenters. The first-order valence-corrected chi connectivity index (χ1v) is 8.34. The second kappa shape index (κ2) is 7.30. The number of hydrogen-bond donors (Lipinski definition) is 1. The van der Waals surface area contributed by atoms with Crippen molar-refractivity contribution in [3.05, 3.63) is 59.8 Å². The molecule has 0 saturated carbocycles. The lowest BCUT2D eigenvalue weighted by Crippen LogP contribution is -1.97. The van der Waals surface area contributed by atoms with Crippen LogP contribution in [0.3, 0.4) is 0 Å². The summed E-state index contributed by atoms with van der Waals surface area (Å²) in [5.41, 5.74) is 2.15. The highest BCUT2D eigenvalue weighted by atomic mass is 16.5. The molecule has 0 fully saturated rings.